The van der Waals surface area contributed by atoms with Crippen LogP contribution in [0.1, 0.15) is 19.3 Å². The molecular formula is C8H18Cl2N2O. The Morgan fingerprint density at radius 2 is 2.08 bits per heavy atom. The Kier molecular flexibility index (Phi) is 5.56. The van der Waals surface area contributed by atoms with Crippen molar-refractivity contribution in [2.45, 2.75) is 30.9 Å². The van der Waals surface area contributed by atoms with Crippen molar-refractivity contribution in [3.63, 3.8) is 0 Å². The molecule has 2 fully saturated rings. The van der Waals surface area contributed by atoms with E-state index >= 15 is 0 Å². The second kappa shape index (κ2) is 5.37. The van der Waals surface area contributed by atoms with Gasteiger partial charge in [0.25, 0.3) is 0 Å². The van der Waals surface area contributed by atoms with Crippen LogP contribution in [0.3, 0.4) is 0 Å². The van der Waals surface area contributed by atoms with Gasteiger partial charge in [0.15, 0.2) is 0 Å². The van der Waals surface area contributed by atoms with Crippen molar-refractivity contribution in [1.82, 2.24) is 10.6 Å². The predicted octanol–water partition coefficient (Wildman–Crippen LogP) is 0.306. The number of nitrogens with one attached hydrogen (secondary N) is 2. The van der Waals surface area contributed by atoms with Gasteiger partial charge >= 0.3 is 0 Å². The molecule has 0 aromatic heterocycles. The molecule has 1 heterocycles. The van der Waals surface area contributed by atoms with Gasteiger partial charge in [0.2, 0.25) is 0 Å². The maximum Gasteiger partial charge on any atom is 0.0907 e. The molecule has 0 radical (unpaired) electrons. The van der Waals surface area contributed by atoms with Crippen molar-refractivity contribution in [3.8, 4) is 0 Å². The molecule has 1 atom stereocenters. The summed E-state index contributed by atoms with van der Waals surface area (Å²) in [5.41, 5.74) is -0.456. The normalized spacial score (nSPS) is 32.1. The summed E-state index contributed by atoms with van der Waals surface area (Å²) in [5, 5.41) is 16.4. The van der Waals surface area contributed by atoms with Gasteiger partial charge in [-0.15, -0.1) is 24.8 Å². The molecule has 0 spiro atoms. The lowest BCUT2D eigenvalue weighted by atomic mass is 10.0. The van der Waals surface area contributed by atoms with Gasteiger partial charge in [-0.25, -0.2) is 0 Å². The van der Waals surface area contributed by atoms with Gasteiger partial charge in [0.05, 0.1) is 5.60 Å². The minimum Gasteiger partial charge on any atom is -0.387 e. The lowest BCUT2D eigenvalue weighted by Gasteiger charge is -2.21. The summed E-state index contributed by atoms with van der Waals surface area (Å²) in [4.78, 5) is 0. The Morgan fingerprint density at radius 1 is 1.38 bits per heavy atom. The fourth-order valence-electron chi connectivity index (χ4n) is 1.50. The summed E-state index contributed by atoms with van der Waals surface area (Å²) >= 11 is 0. The standard InChI is InChI=1S/C8H16N2O.2ClH/c11-8(3-4-9-5-8)6-10-7-1-2-7;;/h7,9-11H,1-6H2;2*1H. The van der Waals surface area contributed by atoms with Crippen LogP contribution in [0.25, 0.3) is 0 Å². The Bertz CT molecular complexity index is 147. The van der Waals surface area contributed by atoms with Crippen LogP contribution in [0.5, 0.6) is 0 Å². The van der Waals surface area contributed by atoms with Crippen LogP contribution < -0.4 is 10.6 Å². The Balaban J connectivity index is 0.000000720. The molecule has 1 aliphatic carbocycles. The van der Waals surface area contributed by atoms with Crippen molar-refractivity contribution in [3.05, 3.63) is 0 Å². The maximum absolute atomic E-state index is 9.84. The molecule has 3 N–H and O–H groups in total. The minimum atomic E-state index is -0.456. The highest BCUT2D eigenvalue weighted by molar-refractivity contribution is 5.85. The highest BCUT2D eigenvalue weighted by atomic mass is 35.5. The summed E-state index contributed by atoms with van der Waals surface area (Å²) in [6.45, 7) is 2.49. The van der Waals surface area contributed by atoms with Crippen LogP contribution in [-0.4, -0.2) is 36.4 Å². The smallest absolute Gasteiger partial charge is 0.0907 e. The molecule has 0 bridgehead atoms. The molecule has 1 unspecified atom stereocenters. The highest BCUT2D eigenvalue weighted by Gasteiger charge is 2.32. The van der Waals surface area contributed by atoms with Gasteiger partial charge < -0.3 is 15.7 Å². The second-order valence-electron chi connectivity index (χ2n) is 3.81. The summed E-state index contributed by atoms with van der Waals surface area (Å²) in [6.07, 6.45) is 3.49. The second-order valence-corrected chi connectivity index (χ2v) is 3.81. The van der Waals surface area contributed by atoms with E-state index in [-0.39, 0.29) is 24.8 Å². The zero-order chi connectivity index (χ0) is 7.73. The van der Waals surface area contributed by atoms with Crippen LogP contribution in [0.4, 0.5) is 0 Å². The van der Waals surface area contributed by atoms with E-state index in [1.165, 1.54) is 12.8 Å². The average Bonchev–Trinajstić information content (AvgIpc) is 2.73. The number of β-amino-alcohol motifs (C(OH)–C–C–N with tert-alkyl or cyclic N) is 1. The molecule has 3 nitrogen and oxygen atoms in total. The summed E-state index contributed by atoms with van der Waals surface area (Å²) in [7, 11) is 0. The number of aliphatic hydroxyl groups is 1. The van der Waals surface area contributed by atoms with Crippen LogP contribution in [0.2, 0.25) is 0 Å². The molecule has 13 heavy (non-hydrogen) atoms. The Labute approximate surface area is 91.5 Å². The number of hydrogen-bond acceptors (Lipinski definition) is 3. The quantitative estimate of drug-likeness (QED) is 0.652. The maximum atomic E-state index is 9.84. The molecule has 1 saturated heterocycles. The lowest BCUT2D eigenvalue weighted by Crippen LogP contribution is -2.43. The third-order valence-corrected chi connectivity index (χ3v) is 2.52. The molecule has 5 heteroatoms. The first-order chi connectivity index (χ1) is 5.29. The highest BCUT2D eigenvalue weighted by Crippen LogP contribution is 2.20. The van der Waals surface area contributed by atoms with Gasteiger partial charge in [-0.05, 0) is 25.8 Å². The van der Waals surface area contributed by atoms with E-state index in [1.807, 2.05) is 0 Å². The van der Waals surface area contributed by atoms with E-state index in [4.69, 9.17) is 0 Å². The Hall–Kier alpha value is 0.460. The van der Waals surface area contributed by atoms with E-state index < -0.39 is 5.60 Å². The topological polar surface area (TPSA) is 44.3 Å². The zero-order valence-corrected chi connectivity index (χ0v) is 9.22. The fraction of sp³-hybridized carbons (Fsp3) is 1.00. The summed E-state index contributed by atoms with van der Waals surface area (Å²) < 4.78 is 0. The van der Waals surface area contributed by atoms with Crippen molar-refractivity contribution in [2.75, 3.05) is 19.6 Å². The average molecular weight is 229 g/mol. The first-order valence-corrected chi connectivity index (χ1v) is 4.45. The lowest BCUT2D eigenvalue weighted by molar-refractivity contribution is 0.0608. The van der Waals surface area contributed by atoms with Crippen LogP contribution in [-0.2, 0) is 0 Å². The third kappa shape index (κ3) is 4.00. The summed E-state index contributed by atoms with van der Waals surface area (Å²) in [5.74, 6) is 0. The molecule has 0 amide bonds. The fourth-order valence-corrected chi connectivity index (χ4v) is 1.50. The van der Waals surface area contributed by atoms with Gasteiger partial charge in [0, 0.05) is 19.1 Å². The number of rotatable bonds is 3. The van der Waals surface area contributed by atoms with E-state index in [0.29, 0.717) is 6.04 Å². The van der Waals surface area contributed by atoms with E-state index in [0.717, 1.165) is 26.1 Å². The van der Waals surface area contributed by atoms with Crippen LogP contribution in [0.15, 0.2) is 0 Å². The molecule has 2 rings (SSSR count). The van der Waals surface area contributed by atoms with Gasteiger partial charge in [0.1, 0.15) is 0 Å². The molecule has 2 aliphatic rings. The molecule has 0 aromatic carbocycles. The van der Waals surface area contributed by atoms with Gasteiger partial charge in [-0.1, -0.05) is 0 Å². The third-order valence-electron chi connectivity index (χ3n) is 2.52. The van der Waals surface area contributed by atoms with Crippen LogP contribution in [0, 0.1) is 0 Å². The van der Waals surface area contributed by atoms with E-state index in [9.17, 15) is 5.11 Å². The van der Waals surface area contributed by atoms with Crippen molar-refractivity contribution in [1.29, 1.82) is 0 Å². The molecular weight excluding hydrogens is 211 g/mol. The predicted molar refractivity (Wildman–Crippen MR) is 58.0 cm³/mol. The molecule has 1 aliphatic heterocycles. The monoisotopic (exact) mass is 228 g/mol. The number of halogens is 2. The van der Waals surface area contributed by atoms with Crippen molar-refractivity contribution < 1.29 is 5.11 Å². The van der Waals surface area contributed by atoms with Gasteiger partial charge in [-0.2, -0.15) is 0 Å². The molecule has 0 aromatic rings. The largest absolute Gasteiger partial charge is 0.387 e. The SMILES string of the molecule is Cl.Cl.OC1(CNC2CC2)CCNC1. The van der Waals surface area contributed by atoms with Crippen molar-refractivity contribution in [2.24, 2.45) is 0 Å². The first kappa shape index (κ1) is 13.5. The summed E-state index contributed by atoms with van der Waals surface area (Å²) in [6, 6.07) is 0.708. The molecule has 1 saturated carbocycles. The molecule has 80 valence electrons. The van der Waals surface area contributed by atoms with Crippen molar-refractivity contribution >= 4 is 24.8 Å². The minimum absolute atomic E-state index is 0. The van der Waals surface area contributed by atoms with Crippen LogP contribution >= 0.6 is 24.8 Å². The van der Waals surface area contributed by atoms with E-state index in [1.54, 1.807) is 0 Å². The zero-order valence-electron chi connectivity index (χ0n) is 7.58. The number of hydrogen-bond donors (Lipinski definition) is 3. The van der Waals surface area contributed by atoms with E-state index in [2.05, 4.69) is 10.6 Å². The van der Waals surface area contributed by atoms with Gasteiger partial charge in [-0.3, -0.25) is 0 Å². The Morgan fingerprint density at radius 3 is 2.54 bits per heavy atom. The first-order valence-electron chi connectivity index (χ1n) is 4.45.